The van der Waals surface area contributed by atoms with Crippen LogP contribution in [-0.4, -0.2) is 43.9 Å². The predicted octanol–water partition coefficient (Wildman–Crippen LogP) is 3.27. The van der Waals surface area contributed by atoms with Gasteiger partial charge in [0.05, 0.1) is 11.0 Å². The molecule has 0 saturated carbocycles. The Morgan fingerprint density at radius 3 is 2.56 bits per heavy atom. The average molecular weight is 365 g/mol. The van der Waals surface area contributed by atoms with Gasteiger partial charge in [-0.25, -0.2) is 9.78 Å². The number of para-hydroxylation sites is 2. The number of carbonyl (C=O) groups excluding carboxylic acids is 1. The van der Waals surface area contributed by atoms with Gasteiger partial charge in [-0.15, -0.1) is 0 Å². The van der Waals surface area contributed by atoms with E-state index in [4.69, 9.17) is 4.74 Å². The first-order valence-electron chi connectivity index (χ1n) is 9.10. The van der Waals surface area contributed by atoms with Gasteiger partial charge >= 0.3 is 6.09 Å². The molecule has 1 saturated heterocycles. The van der Waals surface area contributed by atoms with Crippen LogP contribution in [0.1, 0.15) is 25.2 Å². The molecule has 2 heterocycles. The maximum atomic E-state index is 12.5. The highest BCUT2D eigenvalue weighted by atomic mass is 16.6. The third kappa shape index (κ3) is 3.06. The van der Waals surface area contributed by atoms with Crippen LogP contribution in [0.3, 0.4) is 0 Å². The van der Waals surface area contributed by atoms with Crippen molar-refractivity contribution in [1.82, 2.24) is 14.9 Å². The minimum Gasteiger partial charge on any atom is -0.438 e. The largest absolute Gasteiger partial charge is 0.438 e. The first-order chi connectivity index (χ1) is 12.9. The predicted molar refractivity (Wildman–Crippen MR) is 102 cm³/mol. The van der Waals surface area contributed by atoms with Gasteiger partial charge in [0.25, 0.3) is 0 Å². The van der Waals surface area contributed by atoms with E-state index in [1.807, 2.05) is 54.6 Å². The van der Waals surface area contributed by atoms with Crippen LogP contribution in [0.5, 0.6) is 0 Å². The van der Waals surface area contributed by atoms with Gasteiger partial charge < -0.3 is 14.8 Å². The highest BCUT2D eigenvalue weighted by Crippen LogP contribution is 2.39. The molecule has 2 atom stereocenters. The Morgan fingerprint density at radius 1 is 1.11 bits per heavy atom. The molecule has 2 unspecified atom stereocenters. The Labute approximate surface area is 157 Å². The molecule has 1 fully saturated rings. The summed E-state index contributed by atoms with van der Waals surface area (Å²) in [5, 5.41) is 11.2. The van der Waals surface area contributed by atoms with E-state index in [1.54, 1.807) is 13.8 Å². The number of rotatable bonds is 5. The van der Waals surface area contributed by atoms with E-state index < -0.39 is 17.4 Å². The van der Waals surface area contributed by atoms with E-state index in [0.29, 0.717) is 19.4 Å². The van der Waals surface area contributed by atoms with Crippen LogP contribution in [0.15, 0.2) is 54.6 Å². The number of aromatic nitrogens is 2. The third-order valence-electron chi connectivity index (χ3n) is 5.46. The Balaban J connectivity index is 1.51. The summed E-state index contributed by atoms with van der Waals surface area (Å²) >= 11 is 0. The maximum absolute atomic E-state index is 12.5. The van der Waals surface area contributed by atoms with Gasteiger partial charge in [-0.05, 0) is 31.5 Å². The molecule has 0 aliphatic carbocycles. The molecule has 6 nitrogen and oxygen atoms in total. The molecule has 2 N–H and O–H groups in total. The van der Waals surface area contributed by atoms with Gasteiger partial charge in [0.15, 0.2) is 11.3 Å². The lowest BCUT2D eigenvalue weighted by Crippen LogP contribution is -2.56. The third-order valence-corrected chi connectivity index (χ3v) is 5.46. The van der Waals surface area contributed by atoms with Crippen LogP contribution in [0.4, 0.5) is 4.79 Å². The Morgan fingerprint density at radius 2 is 1.81 bits per heavy atom. The lowest BCUT2D eigenvalue weighted by molar-refractivity contribution is -0.135. The molecule has 6 heteroatoms. The van der Waals surface area contributed by atoms with Crippen molar-refractivity contribution < 1.29 is 14.6 Å². The molecule has 1 aliphatic rings. The molecule has 4 rings (SSSR count). The number of imidazole rings is 1. The van der Waals surface area contributed by atoms with Crippen molar-refractivity contribution in [2.75, 3.05) is 6.54 Å². The van der Waals surface area contributed by atoms with Gasteiger partial charge in [0, 0.05) is 19.4 Å². The zero-order valence-corrected chi connectivity index (χ0v) is 15.5. The standard InChI is InChI=1S/C21H23N3O3/c1-20(14-15-8-4-3-5-9-15)21(2,26)24(19(25)27-20)13-12-18-22-16-10-6-7-11-17(16)23-18/h3-11,26H,12-14H2,1-2H3,(H,22,23). The lowest BCUT2D eigenvalue weighted by atomic mass is 9.86. The van der Waals surface area contributed by atoms with Crippen LogP contribution < -0.4 is 0 Å². The fourth-order valence-corrected chi connectivity index (χ4v) is 3.65. The van der Waals surface area contributed by atoms with Crippen molar-refractivity contribution in [3.05, 3.63) is 66.0 Å². The molecule has 1 aliphatic heterocycles. The van der Waals surface area contributed by atoms with Crippen molar-refractivity contribution in [3.8, 4) is 0 Å². The molecule has 0 radical (unpaired) electrons. The number of nitrogens with one attached hydrogen (secondary N) is 1. The van der Waals surface area contributed by atoms with Gasteiger partial charge in [-0.3, -0.25) is 4.90 Å². The number of aromatic amines is 1. The van der Waals surface area contributed by atoms with Crippen molar-refractivity contribution in [1.29, 1.82) is 0 Å². The van der Waals surface area contributed by atoms with E-state index in [2.05, 4.69) is 9.97 Å². The van der Waals surface area contributed by atoms with Gasteiger partial charge in [-0.2, -0.15) is 0 Å². The molecule has 3 aromatic rings. The number of ether oxygens (including phenoxy) is 1. The van der Waals surface area contributed by atoms with Crippen LogP contribution in [0.25, 0.3) is 11.0 Å². The number of carbonyl (C=O) groups is 1. The second-order valence-corrected chi connectivity index (χ2v) is 7.38. The Kier molecular flexibility index (Phi) is 4.15. The number of benzene rings is 2. The maximum Gasteiger partial charge on any atom is 0.412 e. The normalized spacial score (nSPS) is 25.1. The quantitative estimate of drug-likeness (QED) is 0.727. The summed E-state index contributed by atoms with van der Waals surface area (Å²) in [6.45, 7) is 3.73. The summed E-state index contributed by atoms with van der Waals surface area (Å²) in [4.78, 5) is 21.7. The molecule has 0 spiro atoms. The molecule has 0 bridgehead atoms. The number of hydrogen-bond acceptors (Lipinski definition) is 4. The summed E-state index contributed by atoms with van der Waals surface area (Å²) in [7, 11) is 0. The first-order valence-corrected chi connectivity index (χ1v) is 9.10. The topological polar surface area (TPSA) is 78.5 Å². The van der Waals surface area contributed by atoms with E-state index in [1.165, 1.54) is 4.90 Å². The summed E-state index contributed by atoms with van der Waals surface area (Å²) in [5.41, 5.74) is 0.396. The summed E-state index contributed by atoms with van der Waals surface area (Å²) in [6, 6.07) is 17.5. The van der Waals surface area contributed by atoms with Gasteiger partial charge in [-0.1, -0.05) is 42.5 Å². The number of cyclic esters (lactones) is 1. The fraction of sp³-hybridized carbons (Fsp3) is 0.333. The molecule has 1 amide bonds. The van der Waals surface area contributed by atoms with Crippen LogP contribution in [0, 0.1) is 0 Å². The van der Waals surface area contributed by atoms with E-state index >= 15 is 0 Å². The second-order valence-electron chi connectivity index (χ2n) is 7.38. The highest BCUT2D eigenvalue weighted by Gasteiger charge is 2.58. The minimum absolute atomic E-state index is 0.316. The van der Waals surface area contributed by atoms with E-state index in [9.17, 15) is 9.90 Å². The smallest absolute Gasteiger partial charge is 0.412 e. The summed E-state index contributed by atoms with van der Waals surface area (Å²) < 4.78 is 5.63. The van der Waals surface area contributed by atoms with Crippen molar-refractivity contribution >= 4 is 17.1 Å². The van der Waals surface area contributed by atoms with E-state index in [-0.39, 0.29) is 0 Å². The monoisotopic (exact) mass is 365 g/mol. The fourth-order valence-electron chi connectivity index (χ4n) is 3.65. The number of aliphatic hydroxyl groups is 1. The number of fused-ring (bicyclic) bond motifs is 1. The number of H-pyrrole nitrogens is 1. The molecule has 2 aromatic carbocycles. The van der Waals surface area contributed by atoms with E-state index in [0.717, 1.165) is 22.4 Å². The van der Waals surface area contributed by atoms with Crippen molar-refractivity contribution in [2.24, 2.45) is 0 Å². The second kappa shape index (κ2) is 6.39. The molecule has 140 valence electrons. The number of hydrogen-bond donors (Lipinski definition) is 2. The molecule has 1 aromatic heterocycles. The van der Waals surface area contributed by atoms with Crippen molar-refractivity contribution in [2.45, 2.75) is 38.0 Å². The highest BCUT2D eigenvalue weighted by molar-refractivity contribution is 5.75. The average Bonchev–Trinajstić information content (AvgIpc) is 3.11. The van der Waals surface area contributed by atoms with Crippen LogP contribution >= 0.6 is 0 Å². The first kappa shape index (κ1) is 17.5. The molecule has 27 heavy (non-hydrogen) atoms. The lowest BCUT2D eigenvalue weighted by Gasteiger charge is -2.37. The summed E-state index contributed by atoms with van der Waals surface area (Å²) in [5.74, 6) is 0.775. The van der Waals surface area contributed by atoms with Crippen LogP contribution in [-0.2, 0) is 17.6 Å². The number of amides is 1. The Bertz CT molecular complexity index is 934. The zero-order chi connectivity index (χ0) is 19.1. The van der Waals surface area contributed by atoms with Crippen LogP contribution in [0.2, 0.25) is 0 Å². The van der Waals surface area contributed by atoms with Gasteiger partial charge in [0.1, 0.15) is 5.82 Å². The SMILES string of the molecule is CC1(Cc2ccccc2)OC(=O)N(CCc2nc3ccccc3[nH]2)C1(C)O. The Hall–Kier alpha value is -2.86. The number of nitrogens with zero attached hydrogens (tertiary/aromatic N) is 2. The summed E-state index contributed by atoms with van der Waals surface area (Å²) in [6.07, 6.45) is 0.434. The van der Waals surface area contributed by atoms with Gasteiger partial charge in [0.2, 0.25) is 0 Å². The molecular formula is C21H23N3O3. The molecular weight excluding hydrogens is 342 g/mol. The zero-order valence-electron chi connectivity index (χ0n) is 15.5. The minimum atomic E-state index is -1.42. The van der Waals surface area contributed by atoms with Crippen molar-refractivity contribution in [3.63, 3.8) is 0 Å².